The zero-order valence-electron chi connectivity index (χ0n) is 14.3. The Morgan fingerprint density at radius 3 is 2.73 bits per heavy atom. The molecular weight excluding hydrogens is 296 g/mol. The first-order chi connectivity index (χ1) is 10.7. The maximum atomic E-state index is 5.32. The lowest BCUT2D eigenvalue weighted by molar-refractivity contribution is 0.143. The molecule has 0 aliphatic rings. The topological polar surface area (TPSA) is 58.5 Å². The number of ether oxygens (including phenoxy) is 1. The minimum absolute atomic E-state index is 0.512. The Morgan fingerprint density at radius 2 is 2.09 bits per heavy atom. The molecule has 0 amide bonds. The third-order valence-corrected chi connectivity index (χ3v) is 4.37. The van der Waals surface area contributed by atoms with Gasteiger partial charge in [-0.1, -0.05) is 13.8 Å². The fourth-order valence-corrected chi connectivity index (χ4v) is 2.78. The van der Waals surface area contributed by atoms with Crippen LogP contribution in [-0.4, -0.2) is 44.3 Å². The van der Waals surface area contributed by atoms with Crippen LogP contribution in [0.5, 0.6) is 0 Å². The zero-order valence-corrected chi connectivity index (χ0v) is 15.1. The Bertz CT molecular complexity index is 432. The van der Waals surface area contributed by atoms with Crippen molar-refractivity contribution in [1.29, 1.82) is 0 Å². The number of hydrogen-bond acceptors (Lipinski definition) is 4. The van der Waals surface area contributed by atoms with Crippen molar-refractivity contribution in [2.45, 2.75) is 46.0 Å². The number of hydrogen-bond donors (Lipinski definition) is 2. The summed E-state index contributed by atoms with van der Waals surface area (Å²) in [5.41, 5.74) is 1.16. The number of aliphatic imine (C=N–C) groups is 1. The Balaban J connectivity index is 2.15. The molecule has 0 aromatic carbocycles. The standard InChI is InChI=1S/C16H30N4OS/c1-5-21-11-7-6-9-18-16(17-4)19-10-8-14-12-22-15(20-14)13(2)3/h12-13H,5-11H2,1-4H3,(H2,17,18,19). The van der Waals surface area contributed by atoms with Crippen LogP contribution in [0.2, 0.25) is 0 Å². The minimum Gasteiger partial charge on any atom is -0.382 e. The summed E-state index contributed by atoms with van der Waals surface area (Å²) in [4.78, 5) is 8.87. The number of nitrogens with one attached hydrogen (secondary N) is 2. The lowest BCUT2D eigenvalue weighted by Gasteiger charge is -2.11. The van der Waals surface area contributed by atoms with Crippen molar-refractivity contribution in [3.8, 4) is 0 Å². The Kier molecular flexibility index (Phi) is 9.82. The zero-order chi connectivity index (χ0) is 16.2. The SMILES string of the molecule is CCOCCCCNC(=NC)NCCc1csc(C(C)C)n1. The summed E-state index contributed by atoms with van der Waals surface area (Å²) >= 11 is 1.75. The predicted octanol–water partition coefficient (Wildman–Crippen LogP) is 2.79. The van der Waals surface area contributed by atoms with Crippen LogP contribution in [0.3, 0.4) is 0 Å². The van der Waals surface area contributed by atoms with E-state index in [1.54, 1.807) is 18.4 Å². The second-order valence-corrected chi connectivity index (χ2v) is 6.30. The number of nitrogens with zero attached hydrogens (tertiary/aromatic N) is 2. The average Bonchev–Trinajstić information content (AvgIpc) is 2.98. The lowest BCUT2D eigenvalue weighted by Crippen LogP contribution is -2.38. The maximum Gasteiger partial charge on any atom is 0.190 e. The van der Waals surface area contributed by atoms with Gasteiger partial charge in [-0.15, -0.1) is 11.3 Å². The van der Waals surface area contributed by atoms with Crippen molar-refractivity contribution >= 4 is 17.3 Å². The monoisotopic (exact) mass is 326 g/mol. The van der Waals surface area contributed by atoms with Gasteiger partial charge in [-0.2, -0.15) is 0 Å². The van der Waals surface area contributed by atoms with Gasteiger partial charge in [0.25, 0.3) is 0 Å². The molecule has 1 aromatic heterocycles. The number of aromatic nitrogens is 1. The van der Waals surface area contributed by atoms with Crippen LogP contribution < -0.4 is 10.6 Å². The van der Waals surface area contributed by atoms with Crippen molar-refractivity contribution in [1.82, 2.24) is 15.6 Å². The van der Waals surface area contributed by atoms with Crippen LogP contribution in [0.15, 0.2) is 10.4 Å². The van der Waals surface area contributed by atoms with Gasteiger partial charge in [0.15, 0.2) is 5.96 Å². The second kappa shape index (κ2) is 11.4. The Morgan fingerprint density at radius 1 is 1.32 bits per heavy atom. The maximum absolute atomic E-state index is 5.32. The van der Waals surface area contributed by atoms with Crippen molar-refractivity contribution < 1.29 is 4.74 Å². The molecule has 1 rings (SSSR count). The third kappa shape index (κ3) is 7.75. The molecule has 5 nitrogen and oxygen atoms in total. The van der Waals surface area contributed by atoms with Gasteiger partial charge >= 0.3 is 0 Å². The molecule has 0 fully saturated rings. The molecule has 0 radical (unpaired) electrons. The van der Waals surface area contributed by atoms with Gasteiger partial charge in [-0.25, -0.2) is 4.98 Å². The first kappa shape index (κ1) is 18.9. The van der Waals surface area contributed by atoms with Gasteiger partial charge in [0.2, 0.25) is 0 Å². The van der Waals surface area contributed by atoms with Gasteiger partial charge in [0, 0.05) is 51.1 Å². The van der Waals surface area contributed by atoms with Gasteiger partial charge < -0.3 is 15.4 Å². The van der Waals surface area contributed by atoms with Crippen LogP contribution >= 0.6 is 11.3 Å². The highest BCUT2D eigenvalue weighted by Crippen LogP contribution is 2.19. The summed E-state index contributed by atoms with van der Waals surface area (Å²) in [5.74, 6) is 1.37. The smallest absolute Gasteiger partial charge is 0.190 e. The van der Waals surface area contributed by atoms with E-state index in [1.807, 2.05) is 6.92 Å². The average molecular weight is 327 g/mol. The largest absolute Gasteiger partial charge is 0.382 e. The number of rotatable bonds is 10. The molecule has 0 saturated heterocycles. The first-order valence-electron chi connectivity index (χ1n) is 8.14. The fourth-order valence-electron chi connectivity index (χ4n) is 1.91. The Hall–Kier alpha value is -1.14. The van der Waals surface area contributed by atoms with Gasteiger partial charge in [-0.05, 0) is 19.8 Å². The predicted molar refractivity (Wildman–Crippen MR) is 95.0 cm³/mol. The molecule has 0 spiro atoms. The van der Waals surface area contributed by atoms with Crippen LogP contribution in [-0.2, 0) is 11.2 Å². The molecule has 0 aliphatic heterocycles. The third-order valence-electron chi connectivity index (χ3n) is 3.17. The molecule has 1 aromatic rings. The summed E-state index contributed by atoms with van der Waals surface area (Å²) in [5, 5.41) is 10.0. The molecule has 0 bridgehead atoms. The molecular formula is C16H30N4OS. The molecule has 0 atom stereocenters. The molecule has 126 valence electrons. The highest BCUT2D eigenvalue weighted by atomic mass is 32.1. The molecule has 1 heterocycles. The van der Waals surface area contributed by atoms with Crippen molar-refractivity contribution in [3.63, 3.8) is 0 Å². The highest BCUT2D eigenvalue weighted by molar-refractivity contribution is 7.09. The van der Waals surface area contributed by atoms with Gasteiger partial charge in [0.05, 0.1) is 10.7 Å². The second-order valence-electron chi connectivity index (χ2n) is 5.41. The first-order valence-corrected chi connectivity index (χ1v) is 9.01. The van der Waals surface area contributed by atoms with Crippen LogP contribution in [0.4, 0.5) is 0 Å². The molecule has 0 unspecified atom stereocenters. The highest BCUT2D eigenvalue weighted by Gasteiger charge is 2.05. The van der Waals surface area contributed by atoms with Crippen molar-refractivity contribution in [3.05, 3.63) is 16.1 Å². The summed E-state index contributed by atoms with van der Waals surface area (Å²) in [6, 6.07) is 0. The van der Waals surface area contributed by atoms with Crippen LogP contribution in [0.25, 0.3) is 0 Å². The summed E-state index contributed by atoms with van der Waals surface area (Å²) in [6.07, 6.45) is 3.09. The summed E-state index contributed by atoms with van der Waals surface area (Å²) in [7, 11) is 1.80. The van der Waals surface area contributed by atoms with E-state index in [4.69, 9.17) is 4.74 Å². The molecule has 0 aliphatic carbocycles. The van der Waals surface area contributed by atoms with E-state index >= 15 is 0 Å². The van der Waals surface area contributed by atoms with Gasteiger partial charge in [-0.3, -0.25) is 4.99 Å². The van der Waals surface area contributed by atoms with E-state index in [2.05, 4.69) is 39.8 Å². The minimum atomic E-state index is 0.512. The number of unbranched alkanes of at least 4 members (excludes halogenated alkanes) is 1. The summed E-state index contributed by atoms with van der Waals surface area (Å²) in [6.45, 7) is 9.78. The van der Waals surface area contributed by atoms with Crippen LogP contribution in [0.1, 0.15) is 50.2 Å². The summed E-state index contributed by atoms with van der Waals surface area (Å²) < 4.78 is 5.32. The van der Waals surface area contributed by atoms with Crippen molar-refractivity contribution in [2.24, 2.45) is 4.99 Å². The van der Waals surface area contributed by atoms with E-state index in [0.29, 0.717) is 5.92 Å². The van der Waals surface area contributed by atoms with E-state index in [-0.39, 0.29) is 0 Å². The lowest BCUT2D eigenvalue weighted by atomic mass is 10.2. The van der Waals surface area contributed by atoms with E-state index in [0.717, 1.165) is 57.2 Å². The normalized spacial score (nSPS) is 12.0. The quantitative estimate of drug-likeness (QED) is 0.394. The van der Waals surface area contributed by atoms with Crippen LogP contribution in [0, 0.1) is 0 Å². The van der Waals surface area contributed by atoms with E-state index in [9.17, 15) is 0 Å². The molecule has 22 heavy (non-hydrogen) atoms. The molecule has 0 saturated carbocycles. The number of thiazole rings is 1. The molecule has 6 heteroatoms. The van der Waals surface area contributed by atoms with E-state index < -0.39 is 0 Å². The van der Waals surface area contributed by atoms with Crippen molar-refractivity contribution in [2.75, 3.05) is 33.4 Å². The number of guanidine groups is 1. The van der Waals surface area contributed by atoms with E-state index in [1.165, 1.54) is 5.01 Å². The molecule has 2 N–H and O–H groups in total. The fraction of sp³-hybridized carbons (Fsp3) is 0.750. The van der Waals surface area contributed by atoms with Gasteiger partial charge in [0.1, 0.15) is 0 Å². The Labute approximate surface area is 138 Å².